The molecular formula is C16H32BN3OP. The van der Waals surface area contributed by atoms with E-state index >= 15 is 0 Å². The van der Waals surface area contributed by atoms with Crippen LogP contribution < -0.4 is 5.43 Å². The number of hydrogen-bond donors (Lipinski definition) is 1. The largest absolute Gasteiger partial charge is 0.336 e. The molecule has 1 heterocycles. The van der Waals surface area contributed by atoms with Gasteiger partial charge in [0.05, 0.1) is 0 Å². The lowest BCUT2D eigenvalue weighted by Crippen LogP contribution is -2.48. The molecular weight excluding hydrogens is 292 g/mol. The summed E-state index contributed by atoms with van der Waals surface area (Å²) in [5.74, 6) is 1.67. The third-order valence-corrected chi connectivity index (χ3v) is 6.42. The van der Waals surface area contributed by atoms with Crippen molar-refractivity contribution in [3.63, 3.8) is 0 Å². The number of nitrogens with zero attached hydrogens (tertiary/aromatic N) is 2. The van der Waals surface area contributed by atoms with E-state index in [0.717, 1.165) is 24.8 Å². The van der Waals surface area contributed by atoms with Crippen molar-refractivity contribution in [2.75, 3.05) is 13.3 Å². The highest BCUT2D eigenvalue weighted by molar-refractivity contribution is 7.39. The summed E-state index contributed by atoms with van der Waals surface area (Å²) in [6, 6.07) is 0.326. The molecule has 1 rings (SSSR count). The molecule has 0 saturated carbocycles. The predicted molar refractivity (Wildman–Crippen MR) is 98.4 cm³/mol. The van der Waals surface area contributed by atoms with Gasteiger partial charge < -0.3 is 10.3 Å². The Morgan fingerprint density at radius 1 is 1.50 bits per heavy atom. The Labute approximate surface area is 139 Å². The molecule has 4 nitrogen and oxygen atoms in total. The fourth-order valence-electron chi connectivity index (χ4n) is 3.34. The Bertz CT molecular complexity index is 394. The number of carbonyl (C=O) groups is 1. The highest BCUT2D eigenvalue weighted by Crippen LogP contribution is 2.41. The van der Waals surface area contributed by atoms with Crippen LogP contribution in [0.25, 0.3) is 0 Å². The lowest BCUT2D eigenvalue weighted by Gasteiger charge is -2.43. The zero-order valence-electron chi connectivity index (χ0n) is 15.0. The van der Waals surface area contributed by atoms with E-state index < -0.39 is 0 Å². The molecule has 0 aliphatic carbocycles. The van der Waals surface area contributed by atoms with Gasteiger partial charge in [0, 0.05) is 37.8 Å². The molecule has 0 aromatic carbocycles. The van der Waals surface area contributed by atoms with Crippen molar-refractivity contribution in [1.82, 2.24) is 15.3 Å². The number of amides is 1. The monoisotopic (exact) mass is 324 g/mol. The lowest BCUT2D eigenvalue weighted by atomic mass is 9.60. The summed E-state index contributed by atoms with van der Waals surface area (Å²) in [5.41, 5.74) is 4.45. The van der Waals surface area contributed by atoms with E-state index in [1.165, 1.54) is 0 Å². The standard InChI is InChI=1S/C16H32BN3OP/c1-8-12(3)18-19(7)16-15(17-6)11(2)9-13(4)20(10-22-16)14(5)21/h11,13,15-16,18,22H,3,8-10H2,1-2,4-7H3. The molecule has 1 aliphatic heterocycles. The average molecular weight is 324 g/mol. The number of allylic oxidation sites excluding steroid dienone is 1. The first kappa shape index (κ1) is 19.5. The van der Waals surface area contributed by atoms with E-state index in [1.807, 2.05) is 4.90 Å². The van der Waals surface area contributed by atoms with Gasteiger partial charge in [-0.05, 0) is 31.5 Å². The smallest absolute Gasteiger partial charge is 0.219 e. The Morgan fingerprint density at radius 3 is 2.64 bits per heavy atom. The normalized spacial score (nSPS) is 30.8. The van der Waals surface area contributed by atoms with Crippen LogP contribution in [0.1, 0.15) is 40.5 Å². The second-order valence-corrected chi connectivity index (χ2v) is 7.76. The quantitative estimate of drug-likeness (QED) is 0.479. The summed E-state index contributed by atoms with van der Waals surface area (Å²) in [5, 5.41) is 2.21. The Morgan fingerprint density at radius 2 is 2.14 bits per heavy atom. The van der Waals surface area contributed by atoms with E-state index in [0.29, 0.717) is 32.1 Å². The molecule has 0 bridgehead atoms. The highest BCUT2D eigenvalue weighted by atomic mass is 31.1. The number of carbonyl (C=O) groups excluding carboxylic acids is 1. The molecule has 0 spiro atoms. The van der Waals surface area contributed by atoms with E-state index in [4.69, 9.17) is 0 Å². The second kappa shape index (κ2) is 8.93. The van der Waals surface area contributed by atoms with Crippen LogP contribution in [0, 0.1) is 5.92 Å². The molecule has 1 amide bonds. The molecule has 125 valence electrons. The first-order chi connectivity index (χ1) is 10.3. The van der Waals surface area contributed by atoms with Gasteiger partial charge in [-0.3, -0.25) is 4.79 Å². The summed E-state index contributed by atoms with van der Waals surface area (Å²) in [6.07, 6.45) is 2.83. The van der Waals surface area contributed by atoms with Gasteiger partial charge in [-0.25, -0.2) is 5.01 Å². The minimum Gasteiger partial charge on any atom is -0.336 e. The van der Waals surface area contributed by atoms with Gasteiger partial charge in [0.1, 0.15) is 7.28 Å². The maximum atomic E-state index is 11.9. The van der Waals surface area contributed by atoms with Gasteiger partial charge in [0.25, 0.3) is 0 Å². The zero-order valence-corrected chi connectivity index (χ0v) is 16.0. The number of hydrazine groups is 1. The molecule has 5 atom stereocenters. The molecule has 1 aliphatic rings. The minimum absolute atomic E-state index is 0.193. The Kier molecular flexibility index (Phi) is 7.92. The van der Waals surface area contributed by atoms with Crippen molar-refractivity contribution in [2.45, 2.75) is 65.0 Å². The zero-order chi connectivity index (χ0) is 16.9. The van der Waals surface area contributed by atoms with Gasteiger partial charge in [0.15, 0.2) is 0 Å². The highest BCUT2D eigenvalue weighted by Gasteiger charge is 2.34. The van der Waals surface area contributed by atoms with Gasteiger partial charge in [-0.1, -0.05) is 35.8 Å². The first-order valence-electron chi connectivity index (χ1n) is 8.29. The van der Waals surface area contributed by atoms with Crippen molar-refractivity contribution < 1.29 is 4.79 Å². The van der Waals surface area contributed by atoms with Crippen molar-refractivity contribution in [3.8, 4) is 0 Å². The predicted octanol–water partition coefficient (Wildman–Crippen LogP) is 3.13. The van der Waals surface area contributed by atoms with Crippen LogP contribution in [0.4, 0.5) is 0 Å². The third kappa shape index (κ3) is 4.99. The fourth-order valence-corrected chi connectivity index (χ4v) is 5.39. The summed E-state index contributed by atoms with van der Waals surface area (Å²) < 4.78 is 0. The Balaban J connectivity index is 2.91. The van der Waals surface area contributed by atoms with Crippen molar-refractivity contribution in [3.05, 3.63) is 12.3 Å². The molecule has 22 heavy (non-hydrogen) atoms. The van der Waals surface area contributed by atoms with Crippen LogP contribution in [-0.4, -0.2) is 48.3 Å². The van der Waals surface area contributed by atoms with Crippen molar-refractivity contribution in [1.29, 1.82) is 0 Å². The summed E-state index contributed by atoms with van der Waals surface area (Å²) in [7, 11) is 5.13. The summed E-state index contributed by atoms with van der Waals surface area (Å²) in [4.78, 5) is 13.9. The van der Waals surface area contributed by atoms with Crippen molar-refractivity contribution in [2.24, 2.45) is 5.92 Å². The van der Waals surface area contributed by atoms with Crippen LogP contribution in [0.3, 0.4) is 0 Å². The van der Waals surface area contributed by atoms with Crippen LogP contribution in [0.2, 0.25) is 12.6 Å². The van der Waals surface area contributed by atoms with E-state index in [2.05, 4.69) is 58.9 Å². The van der Waals surface area contributed by atoms with Crippen LogP contribution in [0.15, 0.2) is 12.3 Å². The molecule has 0 aromatic heterocycles. The van der Waals surface area contributed by atoms with Crippen LogP contribution in [0.5, 0.6) is 0 Å². The lowest BCUT2D eigenvalue weighted by molar-refractivity contribution is -0.130. The maximum Gasteiger partial charge on any atom is 0.219 e. The molecule has 1 fully saturated rings. The maximum absolute atomic E-state index is 11.9. The van der Waals surface area contributed by atoms with E-state index in [1.54, 1.807) is 6.92 Å². The van der Waals surface area contributed by atoms with Crippen LogP contribution >= 0.6 is 8.58 Å². The van der Waals surface area contributed by atoms with E-state index in [-0.39, 0.29) is 5.91 Å². The third-order valence-electron chi connectivity index (χ3n) is 4.71. The first-order valence-corrected chi connectivity index (χ1v) is 9.57. The number of nitrogens with one attached hydrogen (secondary N) is 1. The molecule has 0 aromatic rings. The van der Waals surface area contributed by atoms with Crippen LogP contribution in [-0.2, 0) is 4.79 Å². The molecule has 1 radical (unpaired) electrons. The summed E-state index contributed by atoms with van der Waals surface area (Å²) in [6.45, 7) is 14.5. The molecule has 1 saturated heterocycles. The molecule has 1 N–H and O–H groups in total. The SMILES string of the molecule is C=C(CC)NN(C)C1PCN(C(C)=O)C(C)CC(C)C1[B]C. The number of hydrogen-bond acceptors (Lipinski definition) is 3. The Hall–Kier alpha value is -0.535. The minimum atomic E-state index is 0.193. The molecule has 5 unspecified atom stereocenters. The topological polar surface area (TPSA) is 35.6 Å². The van der Waals surface area contributed by atoms with Gasteiger partial charge in [0.2, 0.25) is 5.91 Å². The van der Waals surface area contributed by atoms with Gasteiger partial charge in [-0.2, -0.15) is 0 Å². The summed E-state index contributed by atoms with van der Waals surface area (Å²) >= 11 is 0. The van der Waals surface area contributed by atoms with Gasteiger partial charge >= 0.3 is 0 Å². The average Bonchev–Trinajstić information content (AvgIpc) is 2.43. The second-order valence-electron chi connectivity index (χ2n) is 6.45. The number of rotatable bonds is 5. The molecule has 6 heteroatoms. The van der Waals surface area contributed by atoms with Gasteiger partial charge in [-0.15, -0.1) is 0 Å². The van der Waals surface area contributed by atoms with E-state index in [9.17, 15) is 4.79 Å². The fraction of sp³-hybridized carbons (Fsp3) is 0.812. The van der Waals surface area contributed by atoms with Crippen molar-refractivity contribution >= 4 is 21.8 Å².